The molecule has 0 saturated carbocycles. The molecule has 1 unspecified atom stereocenters. The second kappa shape index (κ2) is 10.0. The zero-order valence-corrected chi connectivity index (χ0v) is 19.5. The van der Waals surface area contributed by atoms with Crippen LogP contribution >= 0.6 is 0 Å². The largest absolute Gasteiger partial charge is 0.498 e. The molecule has 1 aliphatic heterocycles. The third-order valence-corrected chi connectivity index (χ3v) is 6.20. The lowest BCUT2D eigenvalue weighted by atomic mass is 10.0. The molecule has 2 aromatic carbocycles. The minimum absolute atomic E-state index is 0.0114. The van der Waals surface area contributed by atoms with Gasteiger partial charge in [0.2, 0.25) is 11.6 Å². The SMILES string of the molecule is CCCCC1=CCC(C(F)(F)Oc2cc3c(c(F)c2F)-c2c(cc(OCCC)c(F)c2F)C3)CO1. The molecule has 0 fully saturated rings. The van der Waals surface area contributed by atoms with Crippen molar-refractivity contribution in [2.75, 3.05) is 13.2 Å². The van der Waals surface area contributed by atoms with Crippen LogP contribution in [0.15, 0.2) is 24.0 Å². The van der Waals surface area contributed by atoms with Crippen LogP contribution in [-0.2, 0) is 11.2 Å². The number of fused-ring (bicyclic) bond motifs is 3. The molecule has 0 spiro atoms. The van der Waals surface area contributed by atoms with Gasteiger partial charge in [-0.1, -0.05) is 20.3 Å². The lowest BCUT2D eigenvalue weighted by molar-refractivity contribution is -0.227. The van der Waals surface area contributed by atoms with Gasteiger partial charge in [0.05, 0.1) is 12.4 Å². The molecular formula is C26H26F6O3. The summed E-state index contributed by atoms with van der Waals surface area (Å²) in [6, 6.07) is 2.13. The highest BCUT2D eigenvalue weighted by Gasteiger charge is 2.45. The molecule has 0 aromatic heterocycles. The summed E-state index contributed by atoms with van der Waals surface area (Å²) < 4.78 is 104. The highest BCUT2D eigenvalue weighted by atomic mass is 19.3. The van der Waals surface area contributed by atoms with Crippen molar-refractivity contribution in [3.05, 3.63) is 58.4 Å². The number of hydrogen-bond acceptors (Lipinski definition) is 3. The molecule has 0 radical (unpaired) electrons. The number of benzene rings is 2. The van der Waals surface area contributed by atoms with E-state index in [0.717, 1.165) is 18.9 Å². The molecule has 4 rings (SSSR count). The van der Waals surface area contributed by atoms with Gasteiger partial charge in [-0.3, -0.25) is 0 Å². The van der Waals surface area contributed by atoms with E-state index < -0.39 is 52.2 Å². The number of alkyl halides is 2. The number of hydrogen-bond donors (Lipinski definition) is 0. The summed E-state index contributed by atoms with van der Waals surface area (Å²) in [5, 5.41) is 0. The van der Waals surface area contributed by atoms with Gasteiger partial charge in [0.15, 0.2) is 23.1 Å². The van der Waals surface area contributed by atoms with Crippen LogP contribution in [0.3, 0.4) is 0 Å². The van der Waals surface area contributed by atoms with Crippen LogP contribution in [0.5, 0.6) is 11.5 Å². The first-order valence-electron chi connectivity index (χ1n) is 11.7. The number of halogens is 6. The Morgan fingerprint density at radius 3 is 2.11 bits per heavy atom. The maximum Gasteiger partial charge on any atom is 0.404 e. The van der Waals surface area contributed by atoms with E-state index >= 15 is 0 Å². The van der Waals surface area contributed by atoms with Gasteiger partial charge >= 0.3 is 6.11 Å². The molecule has 1 aliphatic carbocycles. The van der Waals surface area contributed by atoms with Gasteiger partial charge < -0.3 is 14.2 Å². The first-order valence-corrected chi connectivity index (χ1v) is 11.7. The van der Waals surface area contributed by atoms with E-state index in [1.165, 1.54) is 6.07 Å². The number of allylic oxidation sites excluding steroid dienone is 2. The van der Waals surface area contributed by atoms with E-state index in [1.807, 2.05) is 6.92 Å². The number of ether oxygens (including phenoxy) is 3. The van der Waals surface area contributed by atoms with Gasteiger partial charge in [0.1, 0.15) is 12.5 Å². The number of unbranched alkanes of at least 4 members (excludes halogenated alkanes) is 1. The van der Waals surface area contributed by atoms with Crippen LogP contribution in [0.25, 0.3) is 11.1 Å². The molecule has 0 amide bonds. The van der Waals surface area contributed by atoms with Gasteiger partial charge in [-0.15, -0.1) is 0 Å². The Morgan fingerprint density at radius 2 is 1.54 bits per heavy atom. The van der Waals surface area contributed by atoms with Crippen LogP contribution in [0, 0.1) is 29.2 Å². The van der Waals surface area contributed by atoms with Crippen molar-refractivity contribution in [3.63, 3.8) is 0 Å². The lowest BCUT2D eigenvalue weighted by Gasteiger charge is -2.30. The van der Waals surface area contributed by atoms with Gasteiger partial charge in [0.25, 0.3) is 0 Å². The Labute approximate surface area is 199 Å². The maximum absolute atomic E-state index is 15.0. The lowest BCUT2D eigenvalue weighted by Crippen LogP contribution is -2.39. The topological polar surface area (TPSA) is 27.7 Å². The summed E-state index contributed by atoms with van der Waals surface area (Å²) in [5.74, 6) is -8.08. The van der Waals surface area contributed by atoms with Crippen LogP contribution in [-0.4, -0.2) is 19.3 Å². The average Bonchev–Trinajstić information content (AvgIpc) is 3.20. The smallest absolute Gasteiger partial charge is 0.404 e. The molecule has 2 aliphatic rings. The number of rotatable bonds is 9. The normalized spacial score (nSPS) is 16.9. The van der Waals surface area contributed by atoms with Crippen molar-refractivity contribution >= 4 is 0 Å². The second-order valence-corrected chi connectivity index (χ2v) is 8.78. The Hall–Kier alpha value is -2.84. The summed E-state index contributed by atoms with van der Waals surface area (Å²) in [4.78, 5) is 0. The monoisotopic (exact) mass is 500 g/mol. The van der Waals surface area contributed by atoms with Crippen LogP contribution in [0.2, 0.25) is 0 Å². The molecule has 0 bridgehead atoms. The van der Waals surface area contributed by atoms with Crippen molar-refractivity contribution < 1.29 is 40.6 Å². The summed E-state index contributed by atoms with van der Waals surface area (Å²) in [6.07, 6.45) is 0.530. The Morgan fingerprint density at radius 1 is 0.914 bits per heavy atom. The minimum atomic E-state index is -3.85. The van der Waals surface area contributed by atoms with Crippen LogP contribution in [0.1, 0.15) is 57.1 Å². The van der Waals surface area contributed by atoms with Crippen molar-refractivity contribution in [1.82, 2.24) is 0 Å². The highest BCUT2D eigenvalue weighted by Crippen LogP contribution is 2.47. The Balaban J connectivity index is 1.60. The second-order valence-electron chi connectivity index (χ2n) is 8.78. The minimum Gasteiger partial charge on any atom is -0.498 e. The third-order valence-electron chi connectivity index (χ3n) is 6.20. The van der Waals surface area contributed by atoms with E-state index in [1.54, 1.807) is 13.0 Å². The molecule has 3 nitrogen and oxygen atoms in total. The van der Waals surface area contributed by atoms with Crippen molar-refractivity contribution in [2.24, 2.45) is 5.92 Å². The van der Waals surface area contributed by atoms with E-state index in [4.69, 9.17) is 9.47 Å². The fraction of sp³-hybridized carbons (Fsp3) is 0.462. The van der Waals surface area contributed by atoms with Crippen LogP contribution in [0.4, 0.5) is 26.3 Å². The molecule has 190 valence electrons. The predicted molar refractivity (Wildman–Crippen MR) is 118 cm³/mol. The average molecular weight is 500 g/mol. The van der Waals surface area contributed by atoms with E-state index in [0.29, 0.717) is 18.6 Å². The highest BCUT2D eigenvalue weighted by molar-refractivity contribution is 5.79. The molecule has 0 N–H and O–H groups in total. The summed E-state index contributed by atoms with van der Waals surface area (Å²) in [6.45, 7) is 3.60. The Kier molecular flexibility index (Phi) is 7.24. The Bertz CT molecular complexity index is 1140. The zero-order valence-electron chi connectivity index (χ0n) is 19.5. The van der Waals surface area contributed by atoms with Gasteiger partial charge in [-0.25, -0.2) is 8.78 Å². The zero-order chi connectivity index (χ0) is 25.3. The van der Waals surface area contributed by atoms with E-state index in [9.17, 15) is 26.3 Å². The first kappa shape index (κ1) is 25.3. The van der Waals surface area contributed by atoms with Gasteiger partial charge in [-0.05, 0) is 55.0 Å². The van der Waals surface area contributed by atoms with Crippen molar-refractivity contribution in [2.45, 2.75) is 58.5 Å². The third kappa shape index (κ3) is 4.82. The summed E-state index contributed by atoms with van der Waals surface area (Å²) >= 11 is 0. The first-order chi connectivity index (χ1) is 16.7. The van der Waals surface area contributed by atoms with Gasteiger partial charge in [-0.2, -0.15) is 17.6 Å². The van der Waals surface area contributed by atoms with Crippen molar-refractivity contribution in [1.29, 1.82) is 0 Å². The summed E-state index contributed by atoms with van der Waals surface area (Å²) in [7, 11) is 0. The van der Waals surface area contributed by atoms with Gasteiger partial charge in [0, 0.05) is 17.5 Å². The molecule has 1 heterocycles. The molecule has 1 atom stereocenters. The molecule has 35 heavy (non-hydrogen) atoms. The quantitative estimate of drug-likeness (QED) is 0.282. The van der Waals surface area contributed by atoms with E-state index in [-0.39, 0.29) is 42.9 Å². The fourth-order valence-electron chi connectivity index (χ4n) is 4.32. The molecular weight excluding hydrogens is 474 g/mol. The molecule has 9 heteroatoms. The maximum atomic E-state index is 15.0. The molecule has 0 saturated heterocycles. The predicted octanol–water partition coefficient (Wildman–Crippen LogP) is 7.69. The van der Waals surface area contributed by atoms with E-state index in [2.05, 4.69) is 4.74 Å². The fourth-order valence-corrected chi connectivity index (χ4v) is 4.32. The van der Waals surface area contributed by atoms with Crippen LogP contribution < -0.4 is 9.47 Å². The molecule has 2 aromatic rings. The summed E-state index contributed by atoms with van der Waals surface area (Å²) in [5.41, 5.74) is -0.771. The standard InChI is InChI=1S/C26H26F6O3/c1-3-5-6-17-8-7-16(13-34-17)26(31,32)35-19-12-15-10-14-11-18(33-9-4-2)22(27)24(29)20(14)21(15)25(30)23(19)28/h8,11-12,16H,3-7,9-10,13H2,1-2H3. The van der Waals surface area contributed by atoms with Crippen molar-refractivity contribution in [3.8, 4) is 22.6 Å².